The molecule has 3 atom stereocenters. The topological polar surface area (TPSA) is 15.3 Å². The molecule has 2 unspecified atom stereocenters. The Kier molecular flexibility index (Phi) is 5.88. The Morgan fingerprint density at radius 3 is 2.90 bits per heavy atom. The summed E-state index contributed by atoms with van der Waals surface area (Å²) in [4.78, 5) is 2.57. The predicted octanol–water partition coefficient (Wildman–Crippen LogP) is 4.11. The van der Waals surface area contributed by atoms with Crippen LogP contribution >= 0.6 is 11.6 Å². The summed E-state index contributed by atoms with van der Waals surface area (Å²) >= 11 is 6.08. The van der Waals surface area contributed by atoms with E-state index in [1.54, 1.807) is 0 Å². The van der Waals surface area contributed by atoms with E-state index in [0.29, 0.717) is 12.1 Å². The maximum absolute atomic E-state index is 6.08. The molecule has 0 saturated carbocycles. The Labute approximate surface area is 128 Å². The van der Waals surface area contributed by atoms with Crippen molar-refractivity contribution >= 4 is 11.6 Å². The summed E-state index contributed by atoms with van der Waals surface area (Å²) in [6, 6.07) is 9.06. The molecule has 0 aromatic heterocycles. The third-order valence-electron chi connectivity index (χ3n) is 4.56. The van der Waals surface area contributed by atoms with E-state index in [4.69, 9.17) is 11.6 Å². The van der Waals surface area contributed by atoms with Crippen LogP contribution in [-0.2, 0) is 0 Å². The minimum atomic E-state index is 0.348. The van der Waals surface area contributed by atoms with E-state index in [9.17, 15) is 0 Å². The molecule has 1 aliphatic rings. The van der Waals surface area contributed by atoms with Crippen molar-refractivity contribution in [2.45, 2.75) is 45.7 Å². The average Bonchev–Trinajstić information content (AvgIpc) is 2.47. The minimum absolute atomic E-state index is 0.348. The van der Waals surface area contributed by atoms with Gasteiger partial charge in [0, 0.05) is 23.7 Å². The van der Waals surface area contributed by atoms with Crippen LogP contribution in [-0.4, -0.2) is 30.6 Å². The summed E-state index contributed by atoms with van der Waals surface area (Å²) in [6.45, 7) is 10.5. The van der Waals surface area contributed by atoms with Gasteiger partial charge in [0.1, 0.15) is 0 Å². The maximum Gasteiger partial charge on any atom is 0.0409 e. The fourth-order valence-electron chi connectivity index (χ4n) is 3.19. The maximum atomic E-state index is 6.08. The first-order chi connectivity index (χ1) is 9.60. The van der Waals surface area contributed by atoms with Crippen LogP contribution in [0, 0.1) is 5.92 Å². The summed E-state index contributed by atoms with van der Waals surface area (Å²) in [7, 11) is 0. The standard InChI is InChI=1S/C17H27ClN2/c1-4-20-10-6-8-16(12-20)14(3)19-13(2)15-7-5-9-17(18)11-15/h5,7,9,11,13-14,16,19H,4,6,8,10,12H2,1-3H3/t13-,14?,16?/m0/s1. The Balaban J connectivity index is 1.91. The zero-order valence-corrected chi connectivity index (χ0v) is 13.7. The lowest BCUT2D eigenvalue weighted by molar-refractivity contribution is 0.153. The van der Waals surface area contributed by atoms with Crippen LogP contribution in [0.25, 0.3) is 0 Å². The summed E-state index contributed by atoms with van der Waals surface area (Å²) in [5.74, 6) is 0.755. The van der Waals surface area contributed by atoms with Gasteiger partial charge < -0.3 is 10.2 Å². The number of benzene rings is 1. The highest BCUT2D eigenvalue weighted by atomic mass is 35.5. The zero-order valence-electron chi connectivity index (χ0n) is 12.9. The number of hydrogen-bond acceptors (Lipinski definition) is 2. The fraction of sp³-hybridized carbons (Fsp3) is 0.647. The molecule has 112 valence electrons. The van der Waals surface area contributed by atoms with Crippen molar-refractivity contribution in [1.29, 1.82) is 0 Å². The number of piperidine rings is 1. The van der Waals surface area contributed by atoms with Gasteiger partial charge in [-0.05, 0) is 63.4 Å². The Hall–Kier alpha value is -0.570. The number of hydrogen-bond donors (Lipinski definition) is 1. The number of halogens is 1. The van der Waals surface area contributed by atoms with Gasteiger partial charge >= 0.3 is 0 Å². The largest absolute Gasteiger partial charge is 0.307 e. The molecule has 1 aromatic carbocycles. The first-order valence-electron chi connectivity index (χ1n) is 7.84. The normalized spacial score (nSPS) is 23.5. The Bertz CT molecular complexity index is 421. The summed E-state index contributed by atoms with van der Waals surface area (Å²) < 4.78 is 0. The second kappa shape index (κ2) is 7.44. The molecule has 2 rings (SSSR count). The monoisotopic (exact) mass is 294 g/mol. The first-order valence-corrected chi connectivity index (χ1v) is 8.21. The summed E-state index contributed by atoms with van der Waals surface area (Å²) in [5, 5.41) is 4.57. The van der Waals surface area contributed by atoms with Crippen LogP contribution in [0.1, 0.15) is 45.2 Å². The van der Waals surface area contributed by atoms with E-state index in [0.717, 1.165) is 10.9 Å². The third kappa shape index (κ3) is 4.21. The van der Waals surface area contributed by atoms with Gasteiger partial charge in [-0.1, -0.05) is 30.7 Å². The lowest BCUT2D eigenvalue weighted by Crippen LogP contribution is -2.44. The minimum Gasteiger partial charge on any atom is -0.307 e. The zero-order chi connectivity index (χ0) is 14.5. The summed E-state index contributed by atoms with van der Waals surface area (Å²) in [5.41, 5.74) is 1.27. The Morgan fingerprint density at radius 1 is 1.40 bits per heavy atom. The molecule has 3 heteroatoms. The number of likely N-dealkylation sites (tertiary alicyclic amines) is 1. The SMILES string of the molecule is CCN1CCCC(C(C)N[C@@H](C)c2cccc(Cl)c2)C1. The van der Waals surface area contributed by atoms with E-state index in [1.807, 2.05) is 12.1 Å². The van der Waals surface area contributed by atoms with Crippen molar-refractivity contribution in [3.63, 3.8) is 0 Å². The first kappa shape index (κ1) is 15.8. The molecule has 1 saturated heterocycles. The van der Waals surface area contributed by atoms with E-state index < -0.39 is 0 Å². The van der Waals surface area contributed by atoms with E-state index in [-0.39, 0.29) is 0 Å². The van der Waals surface area contributed by atoms with E-state index in [2.05, 4.69) is 43.1 Å². The fourth-order valence-corrected chi connectivity index (χ4v) is 3.39. The van der Waals surface area contributed by atoms with E-state index in [1.165, 1.54) is 38.0 Å². The highest BCUT2D eigenvalue weighted by Gasteiger charge is 2.24. The van der Waals surface area contributed by atoms with Gasteiger partial charge in [0.05, 0.1) is 0 Å². The van der Waals surface area contributed by atoms with Gasteiger partial charge in [-0.3, -0.25) is 0 Å². The molecule has 0 radical (unpaired) electrons. The second-order valence-corrected chi connectivity index (χ2v) is 6.46. The molecule has 1 N–H and O–H groups in total. The van der Waals surface area contributed by atoms with Crippen LogP contribution in [0.2, 0.25) is 5.02 Å². The number of nitrogens with zero attached hydrogens (tertiary/aromatic N) is 1. The molecule has 1 fully saturated rings. The average molecular weight is 295 g/mol. The van der Waals surface area contributed by atoms with Gasteiger partial charge in [0.2, 0.25) is 0 Å². The Morgan fingerprint density at radius 2 is 2.20 bits per heavy atom. The van der Waals surface area contributed by atoms with Gasteiger partial charge in [-0.25, -0.2) is 0 Å². The molecule has 2 nitrogen and oxygen atoms in total. The van der Waals surface area contributed by atoms with Gasteiger partial charge in [0.25, 0.3) is 0 Å². The van der Waals surface area contributed by atoms with Crippen molar-refractivity contribution < 1.29 is 0 Å². The molecule has 1 heterocycles. The molecule has 0 bridgehead atoms. The highest BCUT2D eigenvalue weighted by Crippen LogP contribution is 2.23. The van der Waals surface area contributed by atoms with Crippen LogP contribution in [0.4, 0.5) is 0 Å². The molecule has 1 aromatic rings. The lowest BCUT2D eigenvalue weighted by Gasteiger charge is -2.36. The highest BCUT2D eigenvalue weighted by molar-refractivity contribution is 6.30. The molecule has 20 heavy (non-hydrogen) atoms. The van der Waals surface area contributed by atoms with Crippen LogP contribution in [0.3, 0.4) is 0 Å². The molecule has 0 aliphatic carbocycles. The van der Waals surface area contributed by atoms with E-state index >= 15 is 0 Å². The molecular formula is C17H27ClN2. The van der Waals surface area contributed by atoms with Crippen LogP contribution in [0.5, 0.6) is 0 Å². The third-order valence-corrected chi connectivity index (χ3v) is 4.79. The summed E-state index contributed by atoms with van der Waals surface area (Å²) in [6.07, 6.45) is 2.67. The lowest BCUT2D eigenvalue weighted by atomic mass is 9.90. The van der Waals surface area contributed by atoms with Gasteiger partial charge in [-0.2, -0.15) is 0 Å². The molecule has 0 amide bonds. The van der Waals surface area contributed by atoms with Crippen molar-refractivity contribution in [2.24, 2.45) is 5.92 Å². The van der Waals surface area contributed by atoms with Crippen molar-refractivity contribution in [2.75, 3.05) is 19.6 Å². The molecule has 0 spiro atoms. The number of nitrogens with one attached hydrogen (secondary N) is 1. The predicted molar refractivity (Wildman–Crippen MR) is 87.3 cm³/mol. The molecule has 1 aliphatic heterocycles. The van der Waals surface area contributed by atoms with Gasteiger partial charge in [-0.15, -0.1) is 0 Å². The smallest absolute Gasteiger partial charge is 0.0409 e. The quantitative estimate of drug-likeness (QED) is 0.879. The number of rotatable bonds is 5. The van der Waals surface area contributed by atoms with Gasteiger partial charge in [0.15, 0.2) is 0 Å². The van der Waals surface area contributed by atoms with Crippen LogP contribution < -0.4 is 5.32 Å². The van der Waals surface area contributed by atoms with Crippen molar-refractivity contribution in [3.05, 3.63) is 34.9 Å². The van der Waals surface area contributed by atoms with Crippen LogP contribution in [0.15, 0.2) is 24.3 Å². The second-order valence-electron chi connectivity index (χ2n) is 6.03. The molecular weight excluding hydrogens is 268 g/mol. The van der Waals surface area contributed by atoms with Crippen molar-refractivity contribution in [3.8, 4) is 0 Å². The van der Waals surface area contributed by atoms with Crippen molar-refractivity contribution in [1.82, 2.24) is 10.2 Å².